The van der Waals surface area contributed by atoms with Crippen LogP contribution in [0.4, 0.5) is 5.69 Å². The van der Waals surface area contributed by atoms with Gasteiger partial charge in [-0.05, 0) is 37.3 Å². The van der Waals surface area contributed by atoms with Crippen molar-refractivity contribution < 1.29 is 4.79 Å². The molecule has 0 aliphatic heterocycles. The van der Waals surface area contributed by atoms with Crippen LogP contribution in [-0.4, -0.2) is 26.3 Å². The molecular formula is C20H24N4OS. The molecule has 0 saturated heterocycles. The molecule has 6 heteroatoms. The summed E-state index contributed by atoms with van der Waals surface area (Å²) >= 11 is 1.37. The molecule has 2 bridgehead atoms. The first-order valence-corrected chi connectivity index (χ1v) is 9.98. The van der Waals surface area contributed by atoms with Crippen LogP contribution in [0.15, 0.2) is 35.5 Å². The molecule has 1 saturated carbocycles. The number of thioether (sulfide) groups is 1. The molecule has 2 aliphatic carbocycles. The van der Waals surface area contributed by atoms with Crippen LogP contribution in [0, 0.1) is 5.41 Å². The van der Waals surface area contributed by atoms with E-state index in [0.29, 0.717) is 11.1 Å². The summed E-state index contributed by atoms with van der Waals surface area (Å²) in [5.41, 5.74) is 3.16. The zero-order valence-electron chi connectivity index (χ0n) is 15.6. The van der Waals surface area contributed by atoms with Crippen molar-refractivity contribution in [2.45, 2.75) is 62.3 Å². The molecule has 2 aromatic rings. The molecule has 4 rings (SSSR count). The van der Waals surface area contributed by atoms with E-state index in [-0.39, 0.29) is 22.0 Å². The Bertz CT molecular complexity index is 854. The predicted molar refractivity (Wildman–Crippen MR) is 103 cm³/mol. The number of para-hydroxylation sites is 1. The molecule has 0 unspecified atom stereocenters. The van der Waals surface area contributed by atoms with Gasteiger partial charge in [-0.1, -0.05) is 50.7 Å². The van der Waals surface area contributed by atoms with E-state index in [1.165, 1.54) is 11.8 Å². The van der Waals surface area contributed by atoms with E-state index < -0.39 is 0 Å². The van der Waals surface area contributed by atoms with Gasteiger partial charge in [-0.15, -0.1) is 5.10 Å². The normalized spacial score (nSPS) is 26.4. The highest BCUT2D eigenvalue weighted by Gasteiger charge is 2.61. The molecule has 136 valence electrons. The van der Waals surface area contributed by atoms with E-state index in [2.05, 4.69) is 36.3 Å². The average Bonchev–Trinajstić information content (AvgIpc) is 2.95. The third kappa shape index (κ3) is 2.54. The van der Waals surface area contributed by atoms with Gasteiger partial charge in [0.1, 0.15) is 0 Å². The minimum Gasteiger partial charge on any atom is -0.325 e. The number of amides is 1. The summed E-state index contributed by atoms with van der Waals surface area (Å²) in [4.78, 5) is 17.3. The predicted octanol–water partition coefficient (Wildman–Crippen LogP) is 4.17. The standard InChI is InChI=1S/C20H24N4OS/c1-12(17(25)21-13-8-6-5-7-9-13)26-18-22-16-15(23-24-18)14-10-11-20(16,4)19(14,2)3/h5-9,12,14H,10-11H2,1-4H3,(H,21,25)/t12-,14-,20-/m0/s1. The van der Waals surface area contributed by atoms with Crippen LogP contribution in [0.5, 0.6) is 0 Å². The van der Waals surface area contributed by atoms with Crippen molar-refractivity contribution in [2.24, 2.45) is 5.41 Å². The molecule has 1 aromatic carbocycles. The van der Waals surface area contributed by atoms with Gasteiger partial charge in [0.2, 0.25) is 11.1 Å². The van der Waals surface area contributed by atoms with Gasteiger partial charge in [0.15, 0.2) is 0 Å². The molecule has 1 amide bonds. The number of benzene rings is 1. The number of fused-ring (bicyclic) bond motifs is 5. The third-order valence-electron chi connectivity index (χ3n) is 6.47. The van der Waals surface area contributed by atoms with Gasteiger partial charge in [-0.25, -0.2) is 4.98 Å². The summed E-state index contributed by atoms with van der Waals surface area (Å²) in [6, 6.07) is 9.48. The Morgan fingerprint density at radius 1 is 1.23 bits per heavy atom. The van der Waals surface area contributed by atoms with Crippen molar-refractivity contribution in [1.82, 2.24) is 15.2 Å². The molecule has 2 aliphatic rings. The van der Waals surface area contributed by atoms with Gasteiger partial charge in [0.25, 0.3) is 0 Å². The maximum atomic E-state index is 12.4. The van der Waals surface area contributed by atoms with Crippen LogP contribution in [0.3, 0.4) is 0 Å². The van der Waals surface area contributed by atoms with Crippen LogP contribution in [-0.2, 0) is 10.2 Å². The number of nitrogens with one attached hydrogen (secondary N) is 1. The first-order chi connectivity index (χ1) is 12.3. The Labute approximate surface area is 158 Å². The molecule has 0 radical (unpaired) electrons. The Hall–Kier alpha value is -1.95. The van der Waals surface area contributed by atoms with Crippen molar-refractivity contribution in [3.05, 3.63) is 41.7 Å². The number of hydrogen-bond acceptors (Lipinski definition) is 5. The van der Waals surface area contributed by atoms with Gasteiger partial charge in [0.05, 0.1) is 16.6 Å². The monoisotopic (exact) mass is 368 g/mol. The van der Waals surface area contributed by atoms with Gasteiger partial charge in [-0.3, -0.25) is 4.79 Å². The molecular weight excluding hydrogens is 344 g/mol. The van der Waals surface area contributed by atoms with Gasteiger partial charge in [0, 0.05) is 17.0 Å². The maximum Gasteiger partial charge on any atom is 0.237 e. The lowest BCUT2D eigenvalue weighted by atomic mass is 9.70. The first kappa shape index (κ1) is 17.5. The van der Waals surface area contributed by atoms with Crippen molar-refractivity contribution in [3.63, 3.8) is 0 Å². The zero-order valence-corrected chi connectivity index (χ0v) is 16.4. The van der Waals surface area contributed by atoms with Crippen molar-refractivity contribution in [2.75, 3.05) is 5.32 Å². The largest absolute Gasteiger partial charge is 0.325 e. The van der Waals surface area contributed by atoms with E-state index in [9.17, 15) is 4.79 Å². The number of hydrogen-bond donors (Lipinski definition) is 1. The number of carbonyl (C=O) groups excluding carboxylic acids is 1. The Balaban J connectivity index is 1.52. The summed E-state index contributed by atoms with van der Waals surface area (Å²) in [7, 11) is 0. The molecule has 1 fully saturated rings. The third-order valence-corrected chi connectivity index (χ3v) is 7.42. The molecule has 1 heterocycles. The van der Waals surface area contributed by atoms with Crippen molar-refractivity contribution in [1.29, 1.82) is 0 Å². The molecule has 0 spiro atoms. The Kier molecular flexibility index (Phi) is 4.06. The summed E-state index contributed by atoms with van der Waals surface area (Å²) < 4.78 is 0. The minimum absolute atomic E-state index is 0.0494. The Morgan fingerprint density at radius 2 is 1.96 bits per heavy atom. The lowest BCUT2D eigenvalue weighted by Crippen LogP contribution is -2.32. The van der Waals surface area contributed by atoms with Gasteiger partial charge < -0.3 is 5.32 Å². The second-order valence-electron chi connectivity index (χ2n) is 8.09. The van der Waals surface area contributed by atoms with Crippen LogP contribution in [0.25, 0.3) is 0 Å². The van der Waals surface area contributed by atoms with Crippen LogP contribution in [0.2, 0.25) is 0 Å². The number of nitrogens with zero attached hydrogens (tertiary/aromatic N) is 3. The minimum atomic E-state index is -0.297. The first-order valence-electron chi connectivity index (χ1n) is 9.10. The maximum absolute atomic E-state index is 12.4. The van der Waals surface area contributed by atoms with E-state index in [1.54, 1.807) is 0 Å². The topological polar surface area (TPSA) is 67.8 Å². The number of rotatable bonds is 4. The summed E-state index contributed by atoms with van der Waals surface area (Å²) in [5, 5.41) is 12.0. The molecule has 5 nitrogen and oxygen atoms in total. The fraction of sp³-hybridized carbons (Fsp3) is 0.500. The number of anilines is 1. The van der Waals surface area contributed by atoms with Gasteiger partial charge in [-0.2, -0.15) is 5.10 Å². The van der Waals surface area contributed by atoms with Crippen LogP contribution in [0.1, 0.15) is 57.8 Å². The van der Waals surface area contributed by atoms with Crippen molar-refractivity contribution in [3.8, 4) is 0 Å². The highest BCUT2D eigenvalue weighted by Crippen LogP contribution is 2.66. The zero-order chi connectivity index (χ0) is 18.5. The summed E-state index contributed by atoms with van der Waals surface area (Å²) in [5.74, 6) is 0.388. The number of aromatic nitrogens is 3. The van der Waals surface area contributed by atoms with E-state index in [4.69, 9.17) is 4.98 Å². The summed E-state index contributed by atoms with van der Waals surface area (Å²) in [6.45, 7) is 8.80. The average molecular weight is 369 g/mol. The highest BCUT2D eigenvalue weighted by molar-refractivity contribution is 8.00. The van der Waals surface area contributed by atoms with Crippen molar-refractivity contribution >= 4 is 23.4 Å². The lowest BCUT2D eigenvalue weighted by Gasteiger charge is -2.34. The fourth-order valence-electron chi connectivity index (χ4n) is 4.39. The highest BCUT2D eigenvalue weighted by atomic mass is 32.2. The second-order valence-corrected chi connectivity index (χ2v) is 9.40. The molecule has 1 aromatic heterocycles. The van der Waals surface area contributed by atoms with Crippen LogP contribution < -0.4 is 5.32 Å². The second kappa shape index (κ2) is 6.05. The molecule has 3 atom stereocenters. The quantitative estimate of drug-likeness (QED) is 0.821. The van der Waals surface area contributed by atoms with Gasteiger partial charge >= 0.3 is 0 Å². The van der Waals surface area contributed by atoms with E-state index in [1.807, 2.05) is 37.3 Å². The lowest BCUT2D eigenvalue weighted by molar-refractivity contribution is -0.115. The van der Waals surface area contributed by atoms with E-state index in [0.717, 1.165) is 29.9 Å². The number of carbonyl (C=O) groups is 1. The molecule has 26 heavy (non-hydrogen) atoms. The van der Waals surface area contributed by atoms with Crippen LogP contribution >= 0.6 is 11.8 Å². The SMILES string of the molecule is C[C@H](Sc1nnc2c(n1)[C@]1(C)CC[C@@H]2C1(C)C)C(=O)Nc1ccccc1. The molecule has 1 N–H and O–H groups in total. The smallest absolute Gasteiger partial charge is 0.237 e. The Morgan fingerprint density at radius 3 is 2.69 bits per heavy atom. The fourth-order valence-corrected chi connectivity index (χ4v) is 5.10. The summed E-state index contributed by atoms with van der Waals surface area (Å²) in [6.07, 6.45) is 2.31. The van der Waals surface area contributed by atoms with E-state index >= 15 is 0 Å².